The number of benzene rings is 1. The molecular formula is C16H16ClNO4. The minimum atomic E-state index is -0.612. The largest absolute Gasteiger partial charge is 0.497 e. The summed E-state index contributed by atoms with van der Waals surface area (Å²) >= 11 is 6.07. The van der Waals surface area contributed by atoms with Gasteiger partial charge in [0.1, 0.15) is 11.4 Å². The van der Waals surface area contributed by atoms with Crippen LogP contribution in [0, 0.1) is 0 Å². The maximum absolute atomic E-state index is 12.1. The van der Waals surface area contributed by atoms with Crippen LogP contribution in [0.5, 0.6) is 5.75 Å². The minimum absolute atomic E-state index is 0.0619. The zero-order valence-electron chi connectivity index (χ0n) is 12.3. The molecule has 0 bridgehead atoms. The normalized spacial score (nSPS) is 10.3. The quantitative estimate of drug-likeness (QED) is 0.795. The summed E-state index contributed by atoms with van der Waals surface area (Å²) in [6.07, 6.45) is 0. The van der Waals surface area contributed by atoms with E-state index in [2.05, 4.69) is 0 Å². The molecule has 2 aromatic rings. The maximum Gasteiger partial charge on any atom is 0.356 e. The summed E-state index contributed by atoms with van der Waals surface area (Å²) in [4.78, 5) is 24.1. The second kappa shape index (κ2) is 7.13. The van der Waals surface area contributed by atoms with Crippen LogP contribution in [0.25, 0.3) is 0 Å². The molecule has 0 unspecified atom stereocenters. The van der Waals surface area contributed by atoms with Crippen LogP contribution >= 0.6 is 11.6 Å². The van der Waals surface area contributed by atoms with Gasteiger partial charge in [-0.3, -0.25) is 9.36 Å². The molecule has 0 saturated heterocycles. The molecule has 0 atom stereocenters. The Morgan fingerprint density at radius 3 is 2.45 bits per heavy atom. The van der Waals surface area contributed by atoms with Gasteiger partial charge in [0.15, 0.2) is 0 Å². The molecule has 0 radical (unpaired) electrons. The van der Waals surface area contributed by atoms with Gasteiger partial charge < -0.3 is 9.47 Å². The molecule has 0 aliphatic rings. The van der Waals surface area contributed by atoms with Crippen LogP contribution in [0.2, 0.25) is 5.02 Å². The summed E-state index contributed by atoms with van der Waals surface area (Å²) in [5.74, 6) is 0.103. The van der Waals surface area contributed by atoms with Crippen molar-refractivity contribution >= 4 is 17.6 Å². The molecule has 0 amide bonds. The Morgan fingerprint density at radius 2 is 1.86 bits per heavy atom. The van der Waals surface area contributed by atoms with E-state index < -0.39 is 5.97 Å². The van der Waals surface area contributed by atoms with Crippen molar-refractivity contribution in [3.05, 3.63) is 63.0 Å². The van der Waals surface area contributed by atoms with Gasteiger partial charge in [-0.2, -0.15) is 0 Å². The van der Waals surface area contributed by atoms with Gasteiger partial charge >= 0.3 is 5.97 Å². The predicted molar refractivity (Wildman–Crippen MR) is 83.8 cm³/mol. The molecule has 1 aromatic heterocycles. The highest BCUT2D eigenvalue weighted by atomic mass is 35.5. The molecule has 0 saturated carbocycles. The zero-order chi connectivity index (χ0) is 16.1. The zero-order valence-corrected chi connectivity index (χ0v) is 13.1. The van der Waals surface area contributed by atoms with E-state index in [1.54, 1.807) is 26.2 Å². The number of nitrogens with zero attached hydrogens (tertiary/aromatic N) is 1. The van der Waals surface area contributed by atoms with E-state index in [0.29, 0.717) is 5.75 Å². The fourth-order valence-electron chi connectivity index (χ4n) is 2.03. The van der Waals surface area contributed by atoms with Crippen LogP contribution in [0.1, 0.15) is 23.0 Å². The van der Waals surface area contributed by atoms with Gasteiger partial charge in [0, 0.05) is 6.07 Å². The van der Waals surface area contributed by atoms with Gasteiger partial charge in [0.05, 0.1) is 25.3 Å². The Morgan fingerprint density at radius 1 is 1.18 bits per heavy atom. The lowest BCUT2D eigenvalue weighted by Crippen LogP contribution is -2.27. The number of esters is 1. The number of ether oxygens (including phenoxy) is 2. The predicted octanol–water partition coefficient (Wildman–Crippen LogP) is 2.74. The highest BCUT2D eigenvalue weighted by Gasteiger charge is 2.18. The Balaban J connectivity index is 2.42. The van der Waals surface area contributed by atoms with Crippen molar-refractivity contribution in [2.75, 3.05) is 13.7 Å². The number of halogens is 1. The molecule has 0 aliphatic carbocycles. The standard InChI is InChI=1S/C16H16ClNO4/c1-3-22-16(20)15-13(17)8-9-14(19)18(15)10-11-4-6-12(21-2)7-5-11/h4-9H,3,10H2,1-2H3. The van der Waals surface area contributed by atoms with Crippen molar-refractivity contribution in [1.82, 2.24) is 4.57 Å². The van der Waals surface area contributed by atoms with E-state index in [1.807, 2.05) is 12.1 Å². The van der Waals surface area contributed by atoms with Crippen LogP contribution in [0.4, 0.5) is 0 Å². The summed E-state index contributed by atoms with van der Waals surface area (Å²) in [5.41, 5.74) is 0.589. The van der Waals surface area contributed by atoms with E-state index in [-0.39, 0.29) is 29.4 Å². The molecule has 1 aromatic carbocycles. The van der Waals surface area contributed by atoms with E-state index >= 15 is 0 Å². The molecular weight excluding hydrogens is 306 g/mol. The third-order valence-corrected chi connectivity index (χ3v) is 3.41. The summed E-state index contributed by atoms with van der Waals surface area (Å²) in [5, 5.41) is 0.187. The summed E-state index contributed by atoms with van der Waals surface area (Å²) in [7, 11) is 1.58. The third-order valence-electron chi connectivity index (χ3n) is 3.10. The van der Waals surface area contributed by atoms with Crippen LogP contribution in [0.3, 0.4) is 0 Å². The fraction of sp³-hybridized carbons (Fsp3) is 0.250. The van der Waals surface area contributed by atoms with Crippen molar-refractivity contribution in [3.63, 3.8) is 0 Å². The van der Waals surface area contributed by atoms with Gasteiger partial charge in [0.25, 0.3) is 5.56 Å². The molecule has 0 aliphatic heterocycles. The lowest BCUT2D eigenvalue weighted by Gasteiger charge is -2.13. The van der Waals surface area contributed by atoms with Crippen LogP contribution < -0.4 is 10.3 Å². The molecule has 2 rings (SSSR count). The number of hydrogen-bond acceptors (Lipinski definition) is 4. The molecule has 6 heteroatoms. The van der Waals surface area contributed by atoms with E-state index in [0.717, 1.165) is 5.56 Å². The molecule has 1 heterocycles. The van der Waals surface area contributed by atoms with Crippen molar-refractivity contribution in [2.24, 2.45) is 0 Å². The summed E-state index contributed by atoms with van der Waals surface area (Å²) < 4.78 is 11.4. The first-order chi connectivity index (χ1) is 10.6. The second-order valence-electron chi connectivity index (χ2n) is 4.52. The SMILES string of the molecule is CCOC(=O)c1c(Cl)ccc(=O)n1Cc1ccc(OC)cc1. The maximum atomic E-state index is 12.1. The Hall–Kier alpha value is -2.27. The first-order valence-electron chi connectivity index (χ1n) is 6.76. The van der Waals surface area contributed by atoms with E-state index in [4.69, 9.17) is 21.1 Å². The van der Waals surface area contributed by atoms with E-state index in [9.17, 15) is 9.59 Å². The number of aromatic nitrogens is 1. The van der Waals surface area contributed by atoms with Crippen molar-refractivity contribution in [1.29, 1.82) is 0 Å². The highest BCUT2D eigenvalue weighted by molar-refractivity contribution is 6.33. The van der Waals surface area contributed by atoms with Crippen molar-refractivity contribution in [3.8, 4) is 5.75 Å². The first-order valence-corrected chi connectivity index (χ1v) is 7.14. The van der Waals surface area contributed by atoms with Crippen molar-refractivity contribution < 1.29 is 14.3 Å². The number of pyridine rings is 1. The molecule has 0 N–H and O–H groups in total. The number of methoxy groups -OCH3 is 1. The van der Waals surface area contributed by atoms with Gasteiger partial charge in [-0.05, 0) is 30.7 Å². The molecule has 0 fully saturated rings. The molecule has 5 nitrogen and oxygen atoms in total. The molecule has 22 heavy (non-hydrogen) atoms. The van der Waals surface area contributed by atoms with Gasteiger partial charge in [-0.1, -0.05) is 23.7 Å². The molecule has 116 valence electrons. The van der Waals surface area contributed by atoms with E-state index in [1.165, 1.54) is 16.7 Å². The number of carbonyl (C=O) groups excluding carboxylic acids is 1. The van der Waals surface area contributed by atoms with Crippen LogP contribution in [-0.4, -0.2) is 24.3 Å². The molecule has 0 spiro atoms. The first kappa shape index (κ1) is 16.1. The van der Waals surface area contributed by atoms with Crippen LogP contribution in [-0.2, 0) is 11.3 Å². The van der Waals surface area contributed by atoms with Gasteiger partial charge in [0.2, 0.25) is 0 Å². The van der Waals surface area contributed by atoms with Crippen molar-refractivity contribution in [2.45, 2.75) is 13.5 Å². The Labute approximate surface area is 133 Å². The average molecular weight is 322 g/mol. The second-order valence-corrected chi connectivity index (χ2v) is 4.93. The van der Waals surface area contributed by atoms with Crippen LogP contribution in [0.15, 0.2) is 41.2 Å². The van der Waals surface area contributed by atoms with Gasteiger partial charge in [-0.25, -0.2) is 4.79 Å². The lowest BCUT2D eigenvalue weighted by molar-refractivity contribution is 0.0513. The summed E-state index contributed by atoms with van der Waals surface area (Å²) in [6, 6.07) is 9.95. The average Bonchev–Trinajstić information content (AvgIpc) is 2.52. The Kier molecular flexibility index (Phi) is 5.22. The topological polar surface area (TPSA) is 57.5 Å². The van der Waals surface area contributed by atoms with Gasteiger partial charge in [-0.15, -0.1) is 0 Å². The minimum Gasteiger partial charge on any atom is -0.497 e. The highest BCUT2D eigenvalue weighted by Crippen LogP contribution is 2.17. The fourth-order valence-corrected chi connectivity index (χ4v) is 2.27. The summed E-state index contributed by atoms with van der Waals surface area (Å²) in [6.45, 7) is 2.12. The number of carbonyl (C=O) groups is 1. The monoisotopic (exact) mass is 321 g/mol. The third kappa shape index (κ3) is 3.49. The smallest absolute Gasteiger partial charge is 0.356 e. The lowest BCUT2D eigenvalue weighted by atomic mass is 10.2. The number of rotatable bonds is 5. The number of hydrogen-bond donors (Lipinski definition) is 0. The Bertz CT molecular complexity index is 722.